The highest BCUT2D eigenvalue weighted by Crippen LogP contribution is 2.63. The van der Waals surface area contributed by atoms with E-state index in [-0.39, 0.29) is 5.41 Å². The van der Waals surface area contributed by atoms with Gasteiger partial charge in [0.15, 0.2) is 17.5 Å². The van der Waals surface area contributed by atoms with Crippen molar-refractivity contribution >= 4 is 85.0 Å². The van der Waals surface area contributed by atoms with E-state index in [1.165, 1.54) is 85.9 Å². The van der Waals surface area contributed by atoms with Crippen LogP contribution in [0.3, 0.4) is 0 Å². The monoisotopic (exact) mass is 1000 g/mol. The van der Waals surface area contributed by atoms with Crippen LogP contribution >= 0.6 is 22.7 Å². The lowest BCUT2D eigenvalue weighted by atomic mass is 9.70. The Bertz CT molecular complexity index is 4920. The van der Waals surface area contributed by atoms with E-state index in [4.69, 9.17) is 19.4 Å². The van der Waals surface area contributed by atoms with Crippen molar-refractivity contribution in [3.8, 4) is 78.7 Å². The van der Waals surface area contributed by atoms with E-state index in [9.17, 15) is 0 Å². The summed E-state index contributed by atoms with van der Waals surface area (Å²) in [5.41, 5.74) is 19.4. The maximum absolute atomic E-state index is 6.67. The normalized spacial score (nSPS) is 13.1. The summed E-state index contributed by atoms with van der Waals surface area (Å²) in [6.45, 7) is 0. The number of hydrogen-bond acceptors (Lipinski definition) is 6. The Morgan fingerprint density at radius 2 is 0.763 bits per heavy atom. The Labute approximate surface area is 444 Å². The van der Waals surface area contributed by atoms with E-state index >= 15 is 0 Å². The lowest BCUT2D eigenvalue weighted by Gasteiger charge is -2.30. The number of furan rings is 1. The standard InChI is InChI=1S/C70H39N3OS2/c1-6-23-55-44(14-1)45-15-2-7-24-56(45)70(55)57-25-8-3-16-46(57)53-38-42(34-36-58(53)70)40-30-32-41(33-31-40)43-35-37-59-54(39-43)64-50(20-12-26-60(64)74-59)67-71-68(51-21-13-29-63-65(51)49-18-5-10-28-62(49)75-63)73-69(72-67)52-22-11-19-48-47-17-4-9-27-61(47)76-66(48)52/h1-39H. The first-order valence-corrected chi connectivity index (χ1v) is 27.4. The average Bonchev–Trinajstić information content (AvgIpc) is 4.32. The molecular formula is C70H39N3OS2. The largest absolute Gasteiger partial charge is 0.456 e. The van der Waals surface area contributed by atoms with Gasteiger partial charge in [0, 0.05) is 67.8 Å². The minimum atomic E-state index is -0.353. The molecule has 0 aliphatic heterocycles. The first-order chi connectivity index (χ1) is 37.7. The molecule has 4 nitrogen and oxygen atoms in total. The van der Waals surface area contributed by atoms with Gasteiger partial charge in [-0.25, -0.2) is 15.0 Å². The number of nitrogens with zero attached hydrogens (tertiary/aromatic N) is 3. The summed E-state index contributed by atoms with van der Waals surface area (Å²) < 4.78 is 11.5. The molecule has 2 aliphatic carbocycles. The molecule has 0 N–H and O–H groups in total. The fraction of sp³-hybridized carbons (Fsp3) is 0.0143. The van der Waals surface area contributed by atoms with Gasteiger partial charge in [-0.15, -0.1) is 22.7 Å². The maximum Gasteiger partial charge on any atom is 0.165 e. The molecule has 17 rings (SSSR count). The highest BCUT2D eigenvalue weighted by atomic mass is 32.1. The SMILES string of the molecule is c1ccc2c(c1)-c1ccccc1C21c2ccccc2-c2cc(-c3ccc(-c4ccc5oc6cccc(-c7nc(-c8cccc9c8sc8ccccc89)nc(-c8cccc9sc%10ccccc%10c89)n7)c6c5c4)cc3)ccc21. The van der Waals surface area contributed by atoms with Crippen molar-refractivity contribution in [3.63, 3.8) is 0 Å². The minimum absolute atomic E-state index is 0.353. The topological polar surface area (TPSA) is 51.8 Å². The summed E-state index contributed by atoms with van der Waals surface area (Å²) in [6.07, 6.45) is 0. The van der Waals surface area contributed by atoms with Crippen LogP contribution in [0, 0.1) is 0 Å². The molecular weight excluding hydrogens is 963 g/mol. The molecule has 76 heavy (non-hydrogen) atoms. The number of fused-ring (bicyclic) bond motifs is 19. The predicted octanol–water partition coefficient (Wildman–Crippen LogP) is 19.2. The molecule has 0 unspecified atom stereocenters. The van der Waals surface area contributed by atoms with Gasteiger partial charge in [0.05, 0.1) is 5.41 Å². The van der Waals surface area contributed by atoms with Gasteiger partial charge in [-0.3, -0.25) is 0 Å². The lowest BCUT2D eigenvalue weighted by Crippen LogP contribution is -2.25. The van der Waals surface area contributed by atoms with Crippen molar-refractivity contribution in [3.05, 3.63) is 259 Å². The number of benzene rings is 11. The Morgan fingerprint density at radius 1 is 0.289 bits per heavy atom. The van der Waals surface area contributed by atoms with E-state index in [0.717, 1.165) is 59.8 Å². The molecule has 2 aliphatic rings. The molecule has 4 heterocycles. The third-order valence-electron chi connectivity index (χ3n) is 16.2. The van der Waals surface area contributed by atoms with Crippen molar-refractivity contribution in [2.24, 2.45) is 0 Å². The Hall–Kier alpha value is -9.33. The van der Waals surface area contributed by atoms with Gasteiger partial charge in [-0.05, 0) is 115 Å². The van der Waals surface area contributed by atoms with Crippen LogP contribution in [0.4, 0.5) is 0 Å². The minimum Gasteiger partial charge on any atom is -0.456 e. The fourth-order valence-electron chi connectivity index (χ4n) is 12.9. The number of hydrogen-bond donors (Lipinski definition) is 0. The second-order valence-electron chi connectivity index (χ2n) is 20.1. The summed E-state index contributed by atoms with van der Waals surface area (Å²) in [7, 11) is 0. The summed E-state index contributed by atoms with van der Waals surface area (Å²) in [4.78, 5) is 16.3. The van der Waals surface area contributed by atoms with Crippen molar-refractivity contribution in [2.75, 3.05) is 0 Å². The van der Waals surface area contributed by atoms with Crippen LogP contribution in [0.1, 0.15) is 22.3 Å². The fourth-order valence-corrected chi connectivity index (χ4v) is 15.3. The second kappa shape index (κ2) is 15.8. The van der Waals surface area contributed by atoms with Gasteiger partial charge in [-0.1, -0.05) is 188 Å². The zero-order chi connectivity index (χ0) is 49.6. The van der Waals surface area contributed by atoms with Crippen LogP contribution in [0.25, 0.3) is 141 Å². The zero-order valence-electron chi connectivity index (χ0n) is 40.6. The van der Waals surface area contributed by atoms with E-state index < -0.39 is 0 Å². The molecule has 1 spiro atoms. The zero-order valence-corrected chi connectivity index (χ0v) is 42.2. The molecule has 0 saturated heterocycles. The number of rotatable bonds is 5. The molecule has 0 radical (unpaired) electrons. The van der Waals surface area contributed by atoms with Gasteiger partial charge in [0.1, 0.15) is 11.2 Å². The second-order valence-corrected chi connectivity index (χ2v) is 22.2. The van der Waals surface area contributed by atoms with Gasteiger partial charge < -0.3 is 4.42 Å². The lowest BCUT2D eigenvalue weighted by molar-refractivity contribution is 0.669. The Kier molecular flexibility index (Phi) is 8.77. The quantitative estimate of drug-likeness (QED) is 0.172. The molecule has 15 aromatic rings. The van der Waals surface area contributed by atoms with Crippen LogP contribution in [0.5, 0.6) is 0 Å². The summed E-state index contributed by atoms with van der Waals surface area (Å²) in [6, 6.07) is 86.1. The van der Waals surface area contributed by atoms with Crippen molar-refractivity contribution < 1.29 is 4.42 Å². The number of aromatic nitrogens is 3. The molecule has 0 bridgehead atoms. The van der Waals surface area contributed by atoms with Crippen LogP contribution in [0.15, 0.2) is 241 Å². The highest BCUT2D eigenvalue weighted by Gasteiger charge is 2.51. The van der Waals surface area contributed by atoms with E-state index in [0.29, 0.717) is 17.5 Å². The molecule has 0 fully saturated rings. The molecule has 0 saturated carbocycles. The van der Waals surface area contributed by atoms with E-state index in [1.807, 2.05) is 12.1 Å². The van der Waals surface area contributed by atoms with Gasteiger partial charge >= 0.3 is 0 Å². The van der Waals surface area contributed by atoms with E-state index in [1.54, 1.807) is 22.7 Å². The predicted molar refractivity (Wildman–Crippen MR) is 316 cm³/mol. The number of thiophene rings is 2. The van der Waals surface area contributed by atoms with Crippen LogP contribution in [0.2, 0.25) is 0 Å². The van der Waals surface area contributed by atoms with Gasteiger partial charge in [0.25, 0.3) is 0 Å². The van der Waals surface area contributed by atoms with Crippen LogP contribution in [-0.2, 0) is 5.41 Å². The molecule has 0 atom stereocenters. The Balaban J connectivity index is 0.793. The molecule has 4 aromatic heterocycles. The van der Waals surface area contributed by atoms with Gasteiger partial charge in [-0.2, -0.15) is 0 Å². The summed E-state index contributed by atoms with van der Waals surface area (Å²) in [5, 5.41) is 6.77. The van der Waals surface area contributed by atoms with Gasteiger partial charge in [0.2, 0.25) is 0 Å². The Morgan fingerprint density at radius 3 is 1.47 bits per heavy atom. The van der Waals surface area contributed by atoms with Crippen molar-refractivity contribution in [1.82, 2.24) is 15.0 Å². The maximum atomic E-state index is 6.67. The molecule has 0 amide bonds. The molecule has 352 valence electrons. The van der Waals surface area contributed by atoms with Crippen LogP contribution < -0.4 is 0 Å². The van der Waals surface area contributed by atoms with Crippen molar-refractivity contribution in [2.45, 2.75) is 5.41 Å². The third kappa shape index (κ3) is 5.85. The molecule has 11 aromatic carbocycles. The molecule has 6 heteroatoms. The third-order valence-corrected chi connectivity index (χ3v) is 18.6. The highest BCUT2D eigenvalue weighted by molar-refractivity contribution is 7.26. The van der Waals surface area contributed by atoms with Crippen molar-refractivity contribution in [1.29, 1.82) is 0 Å². The summed E-state index contributed by atoms with van der Waals surface area (Å²) >= 11 is 3.58. The first-order valence-electron chi connectivity index (χ1n) is 25.7. The smallest absolute Gasteiger partial charge is 0.165 e. The summed E-state index contributed by atoms with van der Waals surface area (Å²) in [5.74, 6) is 1.88. The van der Waals surface area contributed by atoms with E-state index in [2.05, 4.69) is 224 Å². The first kappa shape index (κ1) is 42.1. The van der Waals surface area contributed by atoms with Crippen LogP contribution in [-0.4, -0.2) is 15.0 Å². The average molecular weight is 1000 g/mol.